The Labute approximate surface area is 212 Å². The fourth-order valence-corrected chi connectivity index (χ4v) is 3.23. The molecule has 1 aliphatic heterocycles. The first kappa shape index (κ1) is 26.4. The Kier molecular flexibility index (Phi) is 10.9. The Morgan fingerprint density at radius 3 is 2.52 bits per heavy atom. The Hall–Kier alpha value is -2.82. The molecule has 2 aromatic rings. The smallest absolute Gasteiger partial charge is 0.254 e. The Bertz CT molecular complexity index is 932. The minimum absolute atomic E-state index is 0. The average Bonchev–Trinajstić information content (AvgIpc) is 2.81. The molecule has 2 amide bonds. The first-order valence-electron chi connectivity index (χ1n) is 10.9. The highest BCUT2D eigenvalue weighted by Gasteiger charge is 2.22. The Balaban J connectivity index is 0.00000385. The molecule has 3 rings (SSSR count). The Morgan fingerprint density at radius 1 is 1.12 bits per heavy atom. The standard InChI is InChI=1S/C24H31N5O3.HI/c1-3-25-24(27-13-15-32-21-10-4-18(2)5-11-21)28-16-19-6-8-20(9-7-19)23(31)29-14-12-26-22(30)17-29;/h4-11H,3,12-17H2,1-2H3,(H,26,30)(H2,25,27,28);1H. The summed E-state index contributed by atoms with van der Waals surface area (Å²) in [5, 5.41) is 9.21. The monoisotopic (exact) mass is 565 g/mol. The molecular formula is C24H32IN5O3. The predicted octanol–water partition coefficient (Wildman–Crippen LogP) is 2.32. The minimum atomic E-state index is -0.126. The molecule has 9 heteroatoms. The molecular weight excluding hydrogens is 533 g/mol. The summed E-state index contributed by atoms with van der Waals surface area (Å²) in [6, 6.07) is 15.3. The molecule has 8 nitrogen and oxygen atoms in total. The van der Waals surface area contributed by atoms with Crippen LogP contribution < -0.4 is 20.7 Å². The molecule has 0 aromatic heterocycles. The van der Waals surface area contributed by atoms with Gasteiger partial charge in [-0.1, -0.05) is 29.8 Å². The third-order valence-corrected chi connectivity index (χ3v) is 4.97. The molecule has 1 saturated heterocycles. The van der Waals surface area contributed by atoms with Gasteiger partial charge in [0.2, 0.25) is 5.91 Å². The van der Waals surface area contributed by atoms with E-state index in [1.54, 1.807) is 17.0 Å². The lowest BCUT2D eigenvalue weighted by Crippen LogP contribution is -2.49. The lowest BCUT2D eigenvalue weighted by atomic mass is 10.1. The number of aliphatic imine (C=N–C) groups is 1. The lowest BCUT2D eigenvalue weighted by Gasteiger charge is -2.26. The lowest BCUT2D eigenvalue weighted by molar-refractivity contribution is -0.123. The van der Waals surface area contributed by atoms with Crippen LogP contribution in [0.4, 0.5) is 0 Å². The first-order chi connectivity index (χ1) is 15.5. The summed E-state index contributed by atoms with van der Waals surface area (Å²) in [4.78, 5) is 30.2. The summed E-state index contributed by atoms with van der Waals surface area (Å²) in [6.07, 6.45) is 0. The van der Waals surface area contributed by atoms with E-state index < -0.39 is 0 Å². The van der Waals surface area contributed by atoms with E-state index in [-0.39, 0.29) is 42.3 Å². The molecule has 0 aliphatic carbocycles. The number of benzene rings is 2. The summed E-state index contributed by atoms with van der Waals surface area (Å²) < 4.78 is 5.74. The van der Waals surface area contributed by atoms with Gasteiger partial charge >= 0.3 is 0 Å². The maximum Gasteiger partial charge on any atom is 0.254 e. The second-order valence-corrected chi connectivity index (χ2v) is 7.56. The third kappa shape index (κ3) is 8.56. The van der Waals surface area contributed by atoms with Gasteiger partial charge in [0.1, 0.15) is 12.4 Å². The number of nitrogens with one attached hydrogen (secondary N) is 3. The van der Waals surface area contributed by atoms with Gasteiger partial charge in [0, 0.05) is 25.2 Å². The van der Waals surface area contributed by atoms with Gasteiger partial charge in [0.15, 0.2) is 5.96 Å². The van der Waals surface area contributed by atoms with E-state index in [1.165, 1.54) is 5.56 Å². The zero-order valence-corrected chi connectivity index (χ0v) is 21.4. The second kappa shape index (κ2) is 13.7. The number of ether oxygens (including phenoxy) is 1. The highest BCUT2D eigenvalue weighted by molar-refractivity contribution is 14.0. The number of rotatable bonds is 8. The fourth-order valence-electron chi connectivity index (χ4n) is 3.23. The van der Waals surface area contributed by atoms with E-state index in [0.29, 0.717) is 44.3 Å². The number of hydrogen-bond acceptors (Lipinski definition) is 4. The third-order valence-electron chi connectivity index (χ3n) is 4.97. The maximum atomic E-state index is 12.6. The summed E-state index contributed by atoms with van der Waals surface area (Å²) in [6.45, 7) is 7.57. The largest absolute Gasteiger partial charge is 0.492 e. The molecule has 0 atom stereocenters. The number of carbonyl (C=O) groups is 2. The molecule has 0 spiro atoms. The van der Waals surface area contributed by atoms with E-state index in [4.69, 9.17) is 4.74 Å². The molecule has 3 N–H and O–H groups in total. The first-order valence-corrected chi connectivity index (χ1v) is 10.9. The molecule has 33 heavy (non-hydrogen) atoms. The zero-order chi connectivity index (χ0) is 22.8. The highest BCUT2D eigenvalue weighted by atomic mass is 127. The summed E-state index contributed by atoms with van der Waals surface area (Å²) in [5.41, 5.74) is 2.77. The minimum Gasteiger partial charge on any atom is -0.492 e. The summed E-state index contributed by atoms with van der Waals surface area (Å²) in [7, 11) is 0. The van der Waals surface area contributed by atoms with Crippen LogP contribution in [0.3, 0.4) is 0 Å². The van der Waals surface area contributed by atoms with Gasteiger partial charge in [-0.2, -0.15) is 0 Å². The van der Waals surface area contributed by atoms with Crippen LogP contribution in [0.5, 0.6) is 5.75 Å². The van der Waals surface area contributed by atoms with Gasteiger partial charge in [-0.25, -0.2) is 4.99 Å². The topological polar surface area (TPSA) is 95.1 Å². The molecule has 0 unspecified atom stereocenters. The van der Waals surface area contributed by atoms with Crippen LogP contribution in [-0.2, 0) is 11.3 Å². The number of carbonyl (C=O) groups excluding carboxylic acids is 2. The van der Waals surface area contributed by atoms with Crippen molar-refractivity contribution in [3.63, 3.8) is 0 Å². The normalized spacial score (nSPS) is 13.6. The highest BCUT2D eigenvalue weighted by Crippen LogP contribution is 2.11. The van der Waals surface area contributed by atoms with Crippen LogP contribution in [0, 0.1) is 6.92 Å². The van der Waals surface area contributed by atoms with Crippen LogP contribution in [0.1, 0.15) is 28.4 Å². The van der Waals surface area contributed by atoms with Crippen molar-refractivity contribution < 1.29 is 14.3 Å². The predicted molar refractivity (Wildman–Crippen MR) is 140 cm³/mol. The van der Waals surface area contributed by atoms with Gasteiger partial charge in [0.25, 0.3) is 5.91 Å². The average molecular weight is 565 g/mol. The van der Waals surface area contributed by atoms with Crippen molar-refractivity contribution in [1.82, 2.24) is 20.9 Å². The fraction of sp³-hybridized carbons (Fsp3) is 0.375. The zero-order valence-electron chi connectivity index (χ0n) is 19.1. The van der Waals surface area contributed by atoms with E-state index in [1.807, 2.05) is 50.2 Å². The van der Waals surface area contributed by atoms with Gasteiger partial charge < -0.3 is 25.6 Å². The number of halogens is 1. The van der Waals surface area contributed by atoms with E-state index in [0.717, 1.165) is 17.9 Å². The second-order valence-electron chi connectivity index (χ2n) is 7.56. The molecule has 1 aliphatic rings. The van der Waals surface area contributed by atoms with E-state index in [9.17, 15) is 9.59 Å². The Morgan fingerprint density at radius 2 is 1.85 bits per heavy atom. The molecule has 0 bridgehead atoms. The summed E-state index contributed by atoms with van der Waals surface area (Å²) in [5.74, 6) is 1.31. The quantitative estimate of drug-likeness (QED) is 0.198. The summed E-state index contributed by atoms with van der Waals surface area (Å²) >= 11 is 0. The van der Waals surface area contributed by atoms with Crippen molar-refractivity contribution in [2.75, 3.05) is 39.3 Å². The van der Waals surface area contributed by atoms with Gasteiger partial charge in [-0.05, 0) is 43.7 Å². The van der Waals surface area contributed by atoms with Gasteiger partial charge in [0.05, 0.1) is 19.6 Å². The van der Waals surface area contributed by atoms with Crippen molar-refractivity contribution >= 4 is 41.8 Å². The van der Waals surface area contributed by atoms with Gasteiger partial charge in [-0.3, -0.25) is 9.59 Å². The van der Waals surface area contributed by atoms with Crippen LogP contribution in [-0.4, -0.2) is 62.0 Å². The number of guanidine groups is 1. The molecule has 178 valence electrons. The van der Waals surface area contributed by atoms with Crippen LogP contribution in [0.2, 0.25) is 0 Å². The molecule has 1 heterocycles. The molecule has 0 radical (unpaired) electrons. The van der Waals surface area contributed by atoms with Crippen molar-refractivity contribution in [2.45, 2.75) is 20.4 Å². The number of hydrogen-bond donors (Lipinski definition) is 3. The van der Waals surface area contributed by atoms with Crippen LogP contribution in [0.25, 0.3) is 0 Å². The van der Waals surface area contributed by atoms with E-state index >= 15 is 0 Å². The van der Waals surface area contributed by atoms with E-state index in [2.05, 4.69) is 20.9 Å². The molecule has 1 fully saturated rings. The number of aryl methyl sites for hydroxylation is 1. The maximum absolute atomic E-state index is 12.6. The van der Waals surface area contributed by atoms with Gasteiger partial charge in [-0.15, -0.1) is 24.0 Å². The molecule has 2 aromatic carbocycles. The number of piperazine rings is 1. The van der Waals surface area contributed by atoms with Crippen LogP contribution >= 0.6 is 24.0 Å². The van der Waals surface area contributed by atoms with Crippen molar-refractivity contribution in [1.29, 1.82) is 0 Å². The number of nitrogens with zero attached hydrogens (tertiary/aromatic N) is 2. The van der Waals surface area contributed by atoms with Crippen molar-refractivity contribution in [2.24, 2.45) is 4.99 Å². The van der Waals surface area contributed by atoms with Crippen LogP contribution in [0.15, 0.2) is 53.5 Å². The van der Waals surface area contributed by atoms with Crippen molar-refractivity contribution in [3.05, 3.63) is 65.2 Å². The molecule has 0 saturated carbocycles. The number of amides is 2. The SMILES string of the molecule is CCNC(=NCc1ccc(C(=O)N2CCNC(=O)C2)cc1)NCCOc1ccc(C)cc1.I. The van der Waals surface area contributed by atoms with Crippen molar-refractivity contribution in [3.8, 4) is 5.75 Å².